The molecule has 152 valence electrons. The van der Waals surface area contributed by atoms with Crippen LogP contribution in [0.3, 0.4) is 0 Å². The molecule has 2 N–H and O–H groups in total. The van der Waals surface area contributed by atoms with Crippen LogP contribution in [-0.4, -0.2) is 49.7 Å². The van der Waals surface area contributed by atoms with Crippen LogP contribution in [-0.2, 0) is 6.18 Å². The predicted octanol–water partition coefficient (Wildman–Crippen LogP) is 2.70. The van der Waals surface area contributed by atoms with Crippen LogP contribution in [0.25, 0.3) is 0 Å². The standard InChI is InChI=1S/C20H22F4N2OS/c21-16-4-6-17(7-5-16)26-10-8-25(9-11-26)13-18(27)14-28-19-3-1-2-15(12-19)20(22,23)24/h1-7,12,18,27H,8-11,13-14H2/p+1/t18-/m1/s1. The second-order valence-corrected chi connectivity index (χ2v) is 8.00. The van der Waals surface area contributed by atoms with E-state index in [1.165, 1.54) is 34.9 Å². The molecule has 3 nitrogen and oxygen atoms in total. The molecule has 28 heavy (non-hydrogen) atoms. The number of quaternary nitrogens is 1. The number of rotatable bonds is 6. The van der Waals surface area contributed by atoms with E-state index >= 15 is 0 Å². The number of nitrogens with one attached hydrogen (secondary N) is 1. The number of anilines is 1. The third-order valence-electron chi connectivity index (χ3n) is 4.79. The Morgan fingerprint density at radius 2 is 1.75 bits per heavy atom. The first-order valence-electron chi connectivity index (χ1n) is 9.13. The molecule has 1 saturated heterocycles. The van der Waals surface area contributed by atoms with Crippen molar-refractivity contribution in [3.8, 4) is 0 Å². The van der Waals surface area contributed by atoms with Crippen LogP contribution in [0.4, 0.5) is 23.2 Å². The van der Waals surface area contributed by atoms with Crippen molar-refractivity contribution in [2.24, 2.45) is 0 Å². The predicted molar refractivity (Wildman–Crippen MR) is 102 cm³/mol. The van der Waals surface area contributed by atoms with Crippen molar-refractivity contribution in [2.75, 3.05) is 43.4 Å². The highest BCUT2D eigenvalue weighted by Crippen LogP contribution is 2.31. The van der Waals surface area contributed by atoms with Gasteiger partial charge < -0.3 is 14.9 Å². The van der Waals surface area contributed by atoms with Gasteiger partial charge in [0.2, 0.25) is 0 Å². The van der Waals surface area contributed by atoms with Crippen molar-refractivity contribution in [1.29, 1.82) is 0 Å². The fourth-order valence-corrected chi connectivity index (χ4v) is 4.17. The van der Waals surface area contributed by atoms with Gasteiger partial charge in [-0.25, -0.2) is 4.39 Å². The summed E-state index contributed by atoms with van der Waals surface area (Å²) in [7, 11) is 0. The summed E-state index contributed by atoms with van der Waals surface area (Å²) in [6.07, 6.45) is -4.95. The van der Waals surface area contributed by atoms with Gasteiger partial charge in [-0.2, -0.15) is 13.2 Å². The lowest BCUT2D eigenvalue weighted by atomic mass is 10.2. The SMILES string of the molecule is O[C@@H](CSc1cccc(C(F)(F)F)c1)C[NH+]1CCN(c2ccc(F)cc2)CC1. The zero-order valence-corrected chi connectivity index (χ0v) is 16.1. The highest BCUT2D eigenvalue weighted by atomic mass is 32.2. The number of alkyl halides is 3. The molecule has 0 spiro atoms. The molecule has 3 rings (SSSR count). The summed E-state index contributed by atoms with van der Waals surface area (Å²) in [5.74, 6) is 0.0985. The molecule has 0 amide bonds. The Morgan fingerprint density at radius 3 is 2.39 bits per heavy atom. The molecule has 0 aliphatic carbocycles. The van der Waals surface area contributed by atoms with E-state index in [9.17, 15) is 22.7 Å². The number of halogens is 4. The lowest BCUT2D eigenvalue weighted by Crippen LogP contribution is -3.15. The van der Waals surface area contributed by atoms with E-state index in [1.54, 1.807) is 18.2 Å². The van der Waals surface area contributed by atoms with Crippen LogP contribution >= 0.6 is 11.8 Å². The van der Waals surface area contributed by atoms with Gasteiger partial charge in [0.15, 0.2) is 0 Å². The van der Waals surface area contributed by atoms with E-state index in [2.05, 4.69) is 4.90 Å². The summed E-state index contributed by atoms with van der Waals surface area (Å²) in [6, 6.07) is 11.6. The summed E-state index contributed by atoms with van der Waals surface area (Å²) in [4.78, 5) is 3.95. The highest BCUT2D eigenvalue weighted by molar-refractivity contribution is 7.99. The summed E-state index contributed by atoms with van der Waals surface area (Å²) >= 11 is 1.24. The largest absolute Gasteiger partial charge is 0.416 e. The number of hydrogen-bond acceptors (Lipinski definition) is 3. The van der Waals surface area contributed by atoms with E-state index < -0.39 is 17.8 Å². The minimum atomic E-state index is -4.36. The van der Waals surface area contributed by atoms with Crippen LogP contribution in [0.2, 0.25) is 0 Å². The second-order valence-electron chi connectivity index (χ2n) is 6.91. The molecule has 2 aromatic carbocycles. The topological polar surface area (TPSA) is 27.9 Å². The smallest absolute Gasteiger partial charge is 0.386 e. The Bertz CT molecular complexity index is 762. The van der Waals surface area contributed by atoms with Gasteiger partial charge in [-0.05, 0) is 42.5 Å². The summed E-state index contributed by atoms with van der Waals surface area (Å²) < 4.78 is 51.3. The molecule has 0 radical (unpaired) electrons. The van der Waals surface area contributed by atoms with Crippen molar-refractivity contribution in [2.45, 2.75) is 17.2 Å². The molecule has 1 aliphatic rings. The third kappa shape index (κ3) is 5.86. The second kappa shape index (κ2) is 9.15. The van der Waals surface area contributed by atoms with Crippen LogP contribution in [0.15, 0.2) is 53.4 Å². The van der Waals surface area contributed by atoms with E-state index in [1.807, 2.05) is 0 Å². The molecule has 8 heteroatoms. The molecule has 1 aliphatic heterocycles. The third-order valence-corrected chi connectivity index (χ3v) is 5.93. The molecule has 2 aromatic rings. The summed E-state index contributed by atoms with van der Waals surface area (Å²) in [6.45, 7) is 3.89. The van der Waals surface area contributed by atoms with Crippen LogP contribution in [0.5, 0.6) is 0 Å². The quantitative estimate of drug-likeness (QED) is 0.561. The van der Waals surface area contributed by atoms with E-state index in [-0.39, 0.29) is 5.82 Å². The number of aliphatic hydroxyl groups is 1. The first kappa shape index (κ1) is 21.0. The molecule has 0 unspecified atom stereocenters. The number of hydrogen-bond donors (Lipinski definition) is 2. The maximum absolute atomic E-state index is 13.0. The molecule has 1 heterocycles. The Labute approximate surface area is 166 Å². The molecule has 0 bridgehead atoms. The Hall–Kier alpha value is -1.77. The lowest BCUT2D eigenvalue weighted by molar-refractivity contribution is -0.903. The van der Waals surface area contributed by atoms with Crippen molar-refractivity contribution < 1.29 is 27.6 Å². The fourth-order valence-electron chi connectivity index (χ4n) is 3.28. The fraction of sp³-hybridized carbons (Fsp3) is 0.400. The molecule has 1 atom stereocenters. The van der Waals surface area contributed by atoms with Crippen molar-refractivity contribution in [1.82, 2.24) is 0 Å². The van der Waals surface area contributed by atoms with Gasteiger partial charge in [-0.3, -0.25) is 0 Å². The Kier molecular flexibility index (Phi) is 6.85. The molecule has 1 fully saturated rings. The zero-order valence-electron chi connectivity index (χ0n) is 15.3. The monoisotopic (exact) mass is 415 g/mol. The lowest BCUT2D eigenvalue weighted by Gasteiger charge is -2.34. The van der Waals surface area contributed by atoms with Crippen molar-refractivity contribution in [3.63, 3.8) is 0 Å². The Morgan fingerprint density at radius 1 is 1.07 bits per heavy atom. The van der Waals surface area contributed by atoms with Crippen LogP contribution < -0.4 is 9.80 Å². The van der Waals surface area contributed by atoms with Crippen LogP contribution in [0, 0.1) is 5.82 Å². The first-order chi connectivity index (χ1) is 13.3. The van der Waals surface area contributed by atoms with Crippen molar-refractivity contribution >= 4 is 17.4 Å². The molecule has 0 aromatic heterocycles. The van der Waals surface area contributed by atoms with Crippen molar-refractivity contribution in [3.05, 3.63) is 59.9 Å². The van der Waals surface area contributed by atoms with Gasteiger partial charge in [0.25, 0.3) is 0 Å². The maximum atomic E-state index is 13.0. The van der Waals surface area contributed by atoms with Gasteiger partial charge in [-0.1, -0.05) is 6.07 Å². The number of nitrogens with zero attached hydrogens (tertiary/aromatic N) is 1. The minimum absolute atomic E-state index is 0.255. The molecule has 0 saturated carbocycles. The van der Waals surface area contributed by atoms with Gasteiger partial charge >= 0.3 is 6.18 Å². The van der Waals surface area contributed by atoms with Gasteiger partial charge in [0.1, 0.15) is 18.5 Å². The highest BCUT2D eigenvalue weighted by Gasteiger charge is 2.30. The average molecular weight is 415 g/mol. The normalized spacial score (nSPS) is 17.0. The van der Waals surface area contributed by atoms with Gasteiger partial charge in [0, 0.05) is 16.3 Å². The number of aliphatic hydroxyl groups excluding tert-OH is 1. The summed E-state index contributed by atoms with van der Waals surface area (Å²) in [5.41, 5.74) is 0.315. The number of piperazine rings is 1. The van der Waals surface area contributed by atoms with Gasteiger partial charge in [-0.15, -0.1) is 11.8 Å². The average Bonchev–Trinajstić information content (AvgIpc) is 2.67. The molecular weight excluding hydrogens is 392 g/mol. The van der Waals surface area contributed by atoms with Gasteiger partial charge in [0.05, 0.1) is 31.7 Å². The molecular formula is C20H23F4N2OS+. The minimum Gasteiger partial charge on any atom is -0.386 e. The van der Waals surface area contributed by atoms with E-state index in [0.717, 1.165) is 44.0 Å². The number of thioether (sulfide) groups is 1. The first-order valence-corrected chi connectivity index (χ1v) is 10.1. The van der Waals surface area contributed by atoms with E-state index in [4.69, 9.17) is 0 Å². The Balaban J connectivity index is 1.43. The van der Waals surface area contributed by atoms with E-state index in [0.29, 0.717) is 17.2 Å². The summed E-state index contributed by atoms with van der Waals surface area (Å²) in [5, 5.41) is 10.3. The number of benzene rings is 2. The maximum Gasteiger partial charge on any atom is 0.416 e. The zero-order chi connectivity index (χ0) is 20.1. The van der Waals surface area contributed by atoms with Crippen LogP contribution in [0.1, 0.15) is 5.56 Å².